The van der Waals surface area contributed by atoms with E-state index >= 15 is 0 Å². The normalized spacial score (nSPS) is 10.6. The summed E-state index contributed by atoms with van der Waals surface area (Å²) in [6.45, 7) is 12.2. The molecule has 0 aliphatic rings. The van der Waals surface area contributed by atoms with Gasteiger partial charge in [0.1, 0.15) is 0 Å². The molecule has 0 aromatic carbocycles. The first-order valence-corrected chi connectivity index (χ1v) is 6.06. The van der Waals surface area contributed by atoms with E-state index in [0.29, 0.717) is 6.42 Å². The molecule has 0 radical (unpaired) electrons. The number of carbonyl (C=O) groups is 1. The highest BCUT2D eigenvalue weighted by atomic mass is 16.5. The molecule has 0 aliphatic heterocycles. The molecule has 0 saturated carbocycles. The van der Waals surface area contributed by atoms with Crippen LogP contribution in [0.1, 0.15) is 40.5 Å². The Bertz CT molecular complexity index is 168. The molecule has 98 valence electrons. The fraction of sp³-hybridized carbons (Fsp3) is 0.917. The first kappa shape index (κ1) is 17.8. The molecule has 16 heavy (non-hydrogen) atoms. The summed E-state index contributed by atoms with van der Waals surface area (Å²) in [5.74, 6) is -0.961. The molecule has 4 nitrogen and oxygen atoms in total. The zero-order valence-electron chi connectivity index (χ0n) is 11.4. The quantitative estimate of drug-likeness (QED) is 0.487. The van der Waals surface area contributed by atoms with Crippen molar-refractivity contribution < 1.29 is 19.1 Å². The molecule has 0 aromatic rings. The second-order valence-electron chi connectivity index (χ2n) is 4.00. The van der Waals surface area contributed by atoms with Crippen molar-refractivity contribution in [1.29, 1.82) is 0 Å². The van der Waals surface area contributed by atoms with Crippen LogP contribution in [0.2, 0.25) is 0 Å². The number of aliphatic carboxylic acids is 1. The van der Waals surface area contributed by atoms with Crippen LogP contribution in [0.25, 0.3) is 0 Å². The second kappa shape index (κ2) is 10.9. The van der Waals surface area contributed by atoms with Crippen molar-refractivity contribution in [3.05, 3.63) is 0 Å². The number of hydrogen-bond acceptors (Lipinski definition) is 3. The molecule has 0 saturated heterocycles. The van der Waals surface area contributed by atoms with Gasteiger partial charge in [-0.2, -0.15) is 0 Å². The van der Waals surface area contributed by atoms with Crippen LogP contribution in [-0.4, -0.2) is 43.9 Å². The number of rotatable bonds is 7. The Hall–Kier alpha value is -0.610. The summed E-state index contributed by atoms with van der Waals surface area (Å²) in [5, 5.41) is 9.49. The van der Waals surface area contributed by atoms with E-state index in [0.717, 1.165) is 30.9 Å². The number of quaternary nitrogens is 1. The highest BCUT2D eigenvalue weighted by molar-refractivity contribution is 5.63. The second-order valence-corrected chi connectivity index (χ2v) is 4.00. The van der Waals surface area contributed by atoms with Crippen LogP contribution >= 0.6 is 0 Å². The first-order chi connectivity index (χ1) is 7.45. The SMILES string of the molecule is CCCC(=O)[O-].CCOC[N+](C)(CC)CC. The van der Waals surface area contributed by atoms with Gasteiger partial charge in [0.15, 0.2) is 6.73 Å². The lowest BCUT2D eigenvalue weighted by molar-refractivity contribution is -0.924. The molecule has 0 heterocycles. The molecule has 0 unspecified atom stereocenters. The number of nitrogens with zero attached hydrogens (tertiary/aromatic N) is 1. The van der Waals surface area contributed by atoms with Gasteiger partial charge in [0.05, 0.1) is 20.1 Å². The number of carboxylic acid groups (broad SMARTS) is 1. The van der Waals surface area contributed by atoms with Crippen molar-refractivity contribution in [3.63, 3.8) is 0 Å². The number of carboxylic acids is 1. The van der Waals surface area contributed by atoms with E-state index in [1.54, 1.807) is 6.92 Å². The monoisotopic (exact) mass is 233 g/mol. The Labute approximate surface area is 99.8 Å². The van der Waals surface area contributed by atoms with Gasteiger partial charge in [-0.25, -0.2) is 0 Å². The van der Waals surface area contributed by atoms with Crippen LogP contribution in [0.3, 0.4) is 0 Å². The molecule has 0 fully saturated rings. The largest absolute Gasteiger partial charge is 0.550 e. The van der Waals surface area contributed by atoms with E-state index in [1.807, 2.05) is 6.92 Å². The van der Waals surface area contributed by atoms with Gasteiger partial charge in [0, 0.05) is 12.6 Å². The summed E-state index contributed by atoms with van der Waals surface area (Å²) in [6, 6.07) is 0. The minimum atomic E-state index is -0.961. The van der Waals surface area contributed by atoms with Gasteiger partial charge in [-0.3, -0.25) is 0 Å². The van der Waals surface area contributed by atoms with E-state index in [1.165, 1.54) is 0 Å². The van der Waals surface area contributed by atoms with Gasteiger partial charge in [-0.1, -0.05) is 13.3 Å². The smallest absolute Gasteiger partial charge is 0.182 e. The molecule has 0 rings (SSSR count). The van der Waals surface area contributed by atoms with Crippen LogP contribution in [0.15, 0.2) is 0 Å². The third-order valence-electron chi connectivity index (χ3n) is 2.59. The molecule has 0 spiro atoms. The maximum Gasteiger partial charge on any atom is 0.182 e. The van der Waals surface area contributed by atoms with Crippen molar-refractivity contribution in [3.8, 4) is 0 Å². The Morgan fingerprint density at radius 3 is 1.88 bits per heavy atom. The topological polar surface area (TPSA) is 49.4 Å². The maximum atomic E-state index is 9.49. The van der Waals surface area contributed by atoms with E-state index in [4.69, 9.17) is 4.74 Å². The Kier molecular flexibility index (Phi) is 12.1. The van der Waals surface area contributed by atoms with Gasteiger partial charge in [-0.15, -0.1) is 0 Å². The predicted molar refractivity (Wildman–Crippen MR) is 63.7 cm³/mol. The van der Waals surface area contributed by atoms with Crippen LogP contribution in [-0.2, 0) is 9.53 Å². The van der Waals surface area contributed by atoms with Crippen LogP contribution in [0.5, 0.6) is 0 Å². The lowest BCUT2D eigenvalue weighted by Gasteiger charge is -2.31. The lowest BCUT2D eigenvalue weighted by atomic mass is 10.4. The van der Waals surface area contributed by atoms with Crippen molar-refractivity contribution in [1.82, 2.24) is 0 Å². The Balaban J connectivity index is 0. The van der Waals surface area contributed by atoms with E-state index in [-0.39, 0.29) is 6.42 Å². The van der Waals surface area contributed by atoms with Crippen molar-refractivity contribution in [2.75, 3.05) is 33.5 Å². The Morgan fingerprint density at radius 2 is 1.69 bits per heavy atom. The summed E-state index contributed by atoms with van der Waals surface area (Å²) in [6.07, 6.45) is 0.850. The minimum absolute atomic E-state index is 0.181. The highest BCUT2D eigenvalue weighted by Gasteiger charge is 2.14. The van der Waals surface area contributed by atoms with Crippen molar-refractivity contribution in [2.45, 2.75) is 40.5 Å². The van der Waals surface area contributed by atoms with Crippen molar-refractivity contribution >= 4 is 5.97 Å². The summed E-state index contributed by atoms with van der Waals surface area (Å²) < 4.78 is 6.37. The zero-order chi connectivity index (χ0) is 13.0. The molecule has 0 aliphatic carbocycles. The molecule has 0 aromatic heterocycles. The minimum Gasteiger partial charge on any atom is -0.550 e. The van der Waals surface area contributed by atoms with Gasteiger partial charge in [0.2, 0.25) is 0 Å². The molecule has 0 N–H and O–H groups in total. The summed E-state index contributed by atoms with van der Waals surface area (Å²) in [5.41, 5.74) is 0. The van der Waals surface area contributed by atoms with E-state index < -0.39 is 5.97 Å². The lowest BCUT2D eigenvalue weighted by Crippen LogP contribution is -2.45. The van der Waals surface area contributed by atoms with Gasteiger partial charge < -0.3 is 19.1 Å². The molecular weight excluding hydrogens is 206 g/mol. The molecule has 0 amide bonds. The molecule has 0 atom stereocenters. The molecular formula is C12H27NO3. The van der Waals surface area contributed by atoms with Gasteiger partial charge in [-0.05, 0) is 27.2 Å². The van der Waals surface area contributed by atoms with Gasteiger partial charge in [0.25, 0.3) is 0 Å². The highest BCUT2D eigenvalue weighted by Crippen LogP contribution is 2.00. The standard InChI is InChI=1S/C8H20NO.C4H8O2/c1-5-9(4,6-2)8-10-7-3;1-2-3-4(5)6/h5-8H2,1-4H3;2-3H2,1H3,(H,5,6)/q+1;/p-1. The number of ether oxygens (including phenoxy) is 1. The summed E-state index contributed by atoms with van der Waals surface area (Å²) in [7, 11) is 2.22. The molecule has 4 heteroatoms. The number of hydrogen-bond donors (Lipinski definition) is 0. The third-order valence-corrected chi connectivity index (χ3v) is 2.59. The van der Waals surface area contributed by atoms with Gasteiger partial charge >= 0.3 is 0 Å². The number of carbonyl (C=O) groups excluding carboxylic acids is 1. The predicted octanol–water partition coefficient (Wildman–Crippen LogP) is 1.00. The van der Waals surface area contributed by atoms with Crippen molar-refractivity contribution in [2.24, 2.45) is 0 Å². The summed E-state index contributed by atoms with van der Waals surface area (Å²) in [4.78, 5) is 9.49. The van der Waals surface area contributed by atoms with Crippen LogP contribution in [0, 0.1) is 0 Å². The molecule has 0 bridgehead atoms. The fourth-order valence-electron chi connectivity index (χ4n) is 0.922. The summed E-state index contributed by atoms with van der Waals surface area (Å²) >= 11 is 0. The van der Waals surface area contributed by atoms with E-state index in [2.05, 4.69) is 20.9 Å². The third kappa shape index (κ3) is 11.5. The fourth-order valence-corrected chi connectivity index (χ4v) is 0.922. The van der Waals surface area contributed by atoms with Crippen LogP contribution < -0.4 is 5.11 Å². The average Bonchev–Trinajstić information content (AvgIpc) is 2.26. The zero-order valence-corrected chi connectivity index (χ0v) is 11.4. The first-order valence-electron chi connectivity index (χ1n) is 6.06. The average molecular weight is 233 g/mol. The van der Waals surface area contributed by atoms with Crippen LogP contribution in [0.4, 0.5) is 0 Å². The Morgan fingerprint density at radius 1 is 1.19 bits per heavy atom. The maximum absolute atomic E-state index is 9.49. The van der Waals surface area contributed by atoms with E-state index in [9.17, 15) is 9.90 Å².